The summed E-state index contributed by atoms with van der Waals surface area (Å²) >= 11 is 17.1. The zero-order chi connectivity index (χ0) is 19.5. The Morgan fingerprint density at radius 2 is 1.77 bits per heavy atom. The second kappa shape index (κ2) is 8.79. The number of ether oxygens (including phenoxy) is 3. The Labute approximate surface area is 168 Å². The summed E-state index contributed by atoms with van der Waals surface area (Å²) in [5.41, 5.74) is 0.417. The van der Waals surface area contributed by atoms with Gasteiger partial charge in [-0.1, -0.05) is 73.8 Å². The molecule has 1 aliphatic heterocycles. The molecule has 26 heavy (non-hydrogen) atoms. The van der Waals surface area contributed by atoms with Crippen LogP contribution in [-0.4, -0.2) is 34.2 Å². The highest BCUT2D eigenvalue weighted by Crippen LogP contribution is 2.37. The third kappa shape index (κ3) is 5.03. The highest BCUT2D eigenvalue weighted by Gasteiger charge is 2.46. The quantitative estimate of drug-likeness (QED) is 0.321. The van der Waals surface area contributed by atoms with Crippen molar-refractivity contribution in [2.24, 2.45) is 11.8 Å². The number of halogens is 3. The fourth-order valence-corrected chi connectivity index (χ4v) is 3.07. The molecule has 0 amide bonds. The number of alkyl halides is 3. The molecule has 0 bridgehead atoms. The summed E-state index contributed by atoms with van der Waals surface area (Å²) in [6, 6.07) is 8.63. The summed E-state index contributed by atoms with van der Waals surface area (Å²) in [6.07, 6.45) is -1.15. The van der Waals surface area contributed by atoms with E-state index in [1.165, 1.54) is 0 Å². The number of rotatable bonds is 4. The topological polar surface area (TPSA) is 68.6 Å². The summed E-state index contributed by atoms with van der Waals surface area (Å²) in [4.78, 5) is 12.5. The number of hydrogen-bond acceptors (Lipinski definition) is 5. The molecule has 1 fully saturated rings. The second-order valence-electron chi connectivity index (χ2n) is 6.35. The first-order valence-electron chi connectivity index (χ1n) is 8.39. The minimum absolute atomic E-state index is 0.0745. The lowest BCUT2D eigenvalue weighted by atomic mass is 9.82. The minimum atomic E-state index is -2.02. The molecule has 8 heteroatoms. The molecule has 1 aliphatic rings. The predicted molar refractivity (Wildman–Crippen MR) is 102 cm³/mol. The van der Waals surface area contributed by atoms with E-state index in [0.717, 1.165) is 6.42 Å². The standard InChI is InChI=1S/C18H22Cl3NO4/c1-4-13-10(2)11(3)14(16(24-13)26-17(22)18(19,20)21)25-15(23)12-8-6-5-7-9-12/h5-11,13-14,16,22H,4H2,1-3H3/t10-,11-,13+,14-,16?/m1/s1. The molecule has 1 saturated heterocycles. The molecule has 1 aromatic rings. The van der Waals surface area contributed by atoms with E-state index >= 15 is 0 Å². The zero-order valence-electron chi connectivity index (χ0n) is 14.7. The largest absolute Gasteiger partial charge is 0.452 e. The Hall–Kier alpha value is -1.01. The molecule has 0 saturated carbocycles. The summed E-state index contributed by atoms with van der Waals surface area (Å²) in [5, 5.41) is 7.81. The van der Waals surface area contributed by atoms with Gasteiger partial charge in [0.1, 0.15) is 0 Å². The van der Waals surface area contributed by atoms with Gasteiger partial charge in [-0.05, 0) is 24.5 Å². The fourth-order valence-electron chi connectivity index (χ4n) is 2.93. The van der Waals surface area contributed by atoms with Gasteiger partial charge in [0, 0.05) is 5.92 Å². The van der Waals surface area contributed by atoms with Crippen molar-refractivity contribution in [3.05, 3.63) is 35.9 Å². The molecular weight excluding hydrogens is 401 g/mol. The van der Waals surface area contributed by atoms with Crippen molar-refractivity contribution in [3.8, 4) is 0 Å². The van der Waals surface area contributed by atoms with E-state index in [9.17, 15) is 4.79 Å². The average molecular weight is 423 g/mol. The Balaban J connectivity index is 2.22. The maximum Gasteiger partial charge on any atom is 0.338 e. The monoisotopic (exact) mass is 421 g/mol. The average Bonchev–Trinajstić information content (AvgIpc) is 2.60. The van der Waals surface area contributed by atoms with Crippen molar-refractivity contribution in [1.29, 1.82) is 5.41 Å². The molecule has 0 radical (unpaired) electrons. The summed E-state index contributed by atoms with van der Waals surface area (Å²) in [5.74, 6) is -1.03. The van der Waals surface area contributed by atoms with Gasteiger partial charge in [0.15, 0.2) is 6.10 Å². The fraction of sp³-hybridized carbons (Fsp3) is 0.556. The van der Waals surface area contributed by atoms with Crippen LogP contribution in [0.4, 0.5) is 0 Å². The molecule has 1 aromatic carbocycles. The Morgan fingerprint density at radius 1 is 1.15 bits per heavy atom. The SMILES string of the molecule is CC[C@@H]1OC(OC(=N)C(Cl)(Cl)Cl)[C@H](OC(=O)c2ccccc2)[C@H](C)[C@H]1C. The van der Waals surface area contributed by atoms with Crippen LogP contribution >= 0.6 is 34.8 Å². The summed E-state index contributed by atoms with van der Waals surface area (Å²) in [7, 11) is 0. The maximum atomic E-state index is 12.5. The van der Waals surface area contributed by atoms with Crippen LogP contribution in [0.15, 0.2) is 30.3 Å². The van der Waals surface area contributed by atoms with Gasteiger partial charge < -0.3 is 14.2 Å². The van der Waals surface area contributed by atoms with Crippen molar-refractivity contribution in [2.45, 2.75) is 49.5 Å². The summed E-state index contributed by atoms with van der Waals surface area (Å²) < 4.78 is 15.0. The first-order chi connectivity index (χ1) is 12.1. The molecule has 0 aromatic heterocycles. The van der Waals surface area contributed by atoms with E-state index < -0.39 is 28.1 Å². The first kappa shape index (κ1) is 21.3. The van der Waals surface area contributed by atoms with Crippen molar-refractivity contribution in [3.63, 3.8) is 0 Å². The number of carbonyl (C=O) groups excluding carboxylic acids is 1. The van der Waals surface area contributed by atoms with Gasteiger partial charge in [-0.3, -0.25) is 5.41 Å². The molecule has 144 valence electrons. The normalized spacial score (nSPS) is 29.1. The molecule has 0 spiro atoms. The van der Waals surface area contributed by atoms with Crippen molar-refractivity contribution in [1.82, 2.24) is 0 Å². The van der Waals surface area contributed by atoms with Crippen LogP contribution in [0.25, 0.3) is 0 Å². The van der Waals surface area contributed by atoms with E-state index in [1.54, 1.807) is 24.3 Å². The Morgan fingerprint density at radius 3 is 2.31 bits per heavy atom. The van der Waals surface area contributed by atoms with E-state index in [0.29, 0.717) is 5.56 Å². The van der Waals surface area contributed by atoms with Crippen LogP contribution in [0.3, 0.4) is 0 Å². The molecule has 2 rings (SSSR count). The molecule has 1 unspecified atom stereocenters. The smallest absolute Gasteiger partial charge is 0.338 e. The summed E-state index contributed by atoms with van der Waals surface area (Å²) in [6.45, 7) is 5.97. The highest BCUT2D eigenvalue weighted by atomic mass is 35.6. The second-order valence-corrected chi connectivity index (χ2v) is 8.63. The van der Waals surface area contributed by atoms with Crippen LogP contribution in [0.1, 0.15) is 37.6 Å². The highest BCUT2D eigenvalue weighted by molar-refractivity contribution is 6.76. The predicted octanol–water partition coefficient (Wildman–Crippen LogP) is 4.98. The molecule has 5 nitrogen and oxygen atoms in total. The Bertz CT molecular complexity index is 635. The lowest BCUT2D eigenvalue weighted by Crippen LogP contribution is -2.53. The number of esters is 1. The van der Waals surface area contributed by atoms with Crippen LogP contribution < -0.4 is 0 Å². The third-order valence-electron chi connectivity index (χ3n) is 4.66. The Kier molecular flexibility index (Phi) is 7.19. The van der Waals surface area contributed by atoms with Gasteiger partial charge in [-0.2, -0.15) is 0 Å². The van der Waals surface area contributed by atoms with E-state index in [2.05, 4.69) is 0 Å². The van der Waals surface area contributed by atoms with E-state index in [1.807, 2.05) is 26.8 Å². The van der Waals surface area contributed by atoms with Crippen molar-refractivity contribution in [2.75, 3.05) is 0 Å². The molecule has 0 aliphatic carbocycles. The van der Waals surface area contributed by atoms with Gasteiger partial charge in [0.05, 0.1) is 11.7 Å². The van der Waals surface area contributed by atoms with Gasteiger partial charge in [-0.15, -0.1) is 0 Å². The van der Waals surface area contributed by atoms with Crippen LogP contribution in [0.5, 0.6) is 0 Å². The number of carbonyl (C=O) groups is 1. The third-order valence-corrected chi connectivity index (χ3v) is 5.17. The zero-order valence-corrected chi connectivity index (χ0v) is 17.0. The van der Waals surface area contributed by atoms with Crippen molar-refractivity contribution < 1.29 is 19.0 Å². The van der Waals surface area contributed by atoms with Gasteiger partial charge in [-0.25, -0.2) is 4.79 Å². The van der Waals surface area contributed by atoms with Gasteiger partial charge in [0.2, 0.25) is 12.2 Å². The van der Waals surface area contributed by atoms with Crippen molar-refractivity contribution >= 4 is 46.7 Å². The molecule has 5 atom stereocenters. The maximum absolute atomic E-state index is 12.5. The van der Waals surface area contributed by atoms with E-state index in [4.69, 9.17) is 54.4 Å². The van der Waals surface area contributed by atoms with Crippen LogP contribution in [0, 0.1) is 17.2 Å². The lowest BCUT2D eigenvalue weighted by Gasteiger charge is -2.43. The number of benzene rings is 1. The van der Waals surface area contributed by atoms with Crippen LogP contribution in [0.2, 0.25) is 0 Å². The van der Waals surface area contributed by atoms with E-state index in [-0.39, 0.29) is 17.9 Å². The minimum Gasteiger partial charge on any atom is -0.452 e. The number of nitrogens with one attached hydrogen (secondary N) is 1. The molecular formula is C18H22Cl3NO4. The molecule has 1 heterocycles. The van der Waals surface area contributed by atoms with Gasteiger partial charge >= 0.3 is 5.97 Å². The number of hydrogen-bond donors (Lipinski definition) is 1. The lowest BCUT2D eigenvalue weighted by molar-refractivity contribution is -0.243. The van der Waals surface area contributed by atoms with Crippen LogP contribution in [-0.2, 0) is 14.2 Å². The first-order valence-corrected chi connectivity index (χ1v) is 9.52. The van der Waals surface area contributed by atoms with Gasteiger partial charge in [0.25, 0.3) is 3.79 Å². The molecule has 1 N–H and O–H groups in total.